The standard InChI is InChI=1S/C34H25N3O5/c1-20-19-28-34(25-12-6-7-13-26(25)35-33(34)40)29(31(38)21-9-3-2-4-10-21)30(36(28)27-14-8-5-11-24(20)27)32(39)22-15-17-23(18-16-22)37(41)42/h2-19,28-30H,1H3,(H,35,40)/t28-,29+,30-,34-/m1/s1. The second-order valence-corrected chi connectivity index (χ2v) is 10.9. The molecule has 0 unspecified atom stereocenters. The van der Waals surface area contributed by atoms with Crippen LogP contribution in [0.25, 0.3) is 5.57 Å². The monoisotopic (exact) mass is 555 g/mol. The molecule has 206 valence electrons. The van der Waals surface area contributed by atoms with E-state index in [1.54, 1.807) is 24.3 Å². The van der Waals surface area contributed by atoms with E-state index in [-0.39, 0.29) is 28.7 Å². The first kappa shape index (κ1) is 25.6. The third-order valence-electron chi connectivity index (χ3n) is 8.86. The van der Waals surface area contributed by atoms with Gasteiger partial charge in [0, 0.05) is 40.2 Å². The maximum atomic E-state index is 14.7. The van der Waals surface area contributed by atoms with Crippen molar-refractivity contribution in [2.45, 2.75) is 24.4 Å². The van der Waals surface area contributed by atoms with Crippen LogP contribution in [0.4, 0.5) is 17.1 Å². The Bertz CT molecular complexity index is 1830. The third kappa shape index (κ3) is 3.44. The fourth-order valence-electron chi connectivity index (χ4n) is 7.09. The molecule has 1 N–H and O–H groups in total. The lowest BCUT2D eigenvalue weighted by Crippen LogP contribution is -2.51. The van der Waals surface area contributed by atoms with Gasteiger partial charge in [-0.15, -0.1) is 0 Å². The van der Waals surface area contributed by atoms with E-state index in [9.17, 15) is 24.5 Å². The van der Waals surface area contributed by atoms with E-state index in [4.69, 9.17) is 0 Å². The van der Waals surface area contributed by atoms with Gasteiger partial charge in [-0.2, -0.15) is 0 Å². The van der Waals surface area contributed by atoms with Crippen molar-refractivity contribution in [2.24, 2.45) is 5.92 Å². The van der Waals surface area contributed by atoms with Crippen molar-refractivity contribution < 1.29 is 19.3 Å². The van der Waals surface area contributed by atoms with Gasteiger partial charge >= 0.3 is 0 Å². The number of para-hydroxylation sites is 2. The number of benzene rings is 4. The number of anilines is 2. The number of amides is 1. The molecule has 7 rings (SSSR count). The number of ketones is 2. The highest BCUT2D eigenvalue weighted by Gasteiger charge is 2.70. The van der Waals surface area contributed by atoms with Crippen LogP contribution in [0.5, 0.6) is 0 Å². The normalized spacial score (nSPS) is 23.5. The molecular weight excluding hydrogens is 530 g/mol. The third-order valence-corrected chi connectivity index (χ3v) is 8.86. The van der Waals surface area contributed by atoms with Crippen LogP contribution in [-0.2, 0) is 10.2 Å². The number of hydrogen-bond donors (Lipinski definition) is 1. The summed E-state index contributed by atoms with van der Waals surface area (Å²) < 4.78 is 0. The summed E-state index contributed by atoms with van der Waals surface area (Å²) in [6.45, 7) is 1.97. The summed E-state index contributed by atoms with van der Waals surface area (Å²) in [5.41, 5.74) is 2.94. The van der Waals surface area contributed by atoms with Crippen molar-refractivity contribution >= 4 is 40.1 Å². The average molecular weight is 556 g/mol. The van der Waals surface area contributed by atoms with Gasteiger partial charge in [-0.3, -0.25) is 24.5 Å². The molecule has 8 heteroatoms. The number of hydrogen-bond acceptors (Lipinski definition) is 6. The van der Waals surface area contributed by atoms with Gasteiger partial charge in [-0.1, -0.05) is 72.8 Å². The molecule has 0 aromatic heterocycles. The molecule has 0 saturated carbocycles. The lowest BCUT2D eigenvalue weighted by molar-refractivity contribution is -0.384. The largest absolute Gasteiger partial charge is 0.352 e. The number of carbonyl (C=O) groups is 3. The van der Waals surface area contributed by atoms with Crippen molar-refractivity contribution in [1.29, 1.82) is 0 Å². The van der Waals surface area contributed by atoms with Crippen LogP contribution in [0.15, 0.2) is 109 Å². The quantitative estimate of drug-likeness (QED) is 0.188. The number of nitrogens with one attached hydrogen (secondary N) is 1. The predicted molar refractivity (Wildman–Crippen MR) is 159 cm³/mol. The molecule has 3 aliphatic heterocycles. The number of non-ortho nitro benzene ring substituents is 1. The maximum absolute atomic E-state index is 14.7. The summed E-state index contributed by atoms with van der Waals surface area (Å²) in [4.78, 5) is 56.5. The zero-order valence-electron chi connectivity index (χ0n) is 22.6. The molecular formula is C34H25N3O5. The summed E-state index contributed by atoms with van der Waals surface area (Å²) in [6, 6.07) is 27.4. The number of Topliss-reactive ketones (excluding diaryl/α,β-unsaturated/α-hetero) is 2. The van der Waals surface area contributed by atoms with E-state index >= 15 is 0 Å². The molecule has 0 aliphatic carbocycles. The number of fused-ring (bicyclic) bond motifs is 6. The first-order chi connectivity index (χ1) is 20.3. The molecule has 3 aliphatic rings. The van der Waals surface area contributed by atoms with Crippen LogP contribution in [0.2, 0.25) is 0 Å². The molecule has 0 bridgehead atoms. The predicted octanol–water partition coefficient (Wildman–Crippen LogP) is 5.84. The average Bonchev–Trinajstić information content (AvgIpc) is 3.49. The summed E-state index contributed by atoms with van der Waals surface area (Å²) in [5.74, 6) is -2.15. The summed E-state index contributed by atoms with van der Waals surface area (Å²) in [6.07, 6.45) is 2.00. The number of nitrogens with zero attached hydrogens (tertiary/aromatic N) is 2. The van der Waals surface area contributed by atoms with Gasteiger partial charge in [0.15, 0.2) is 11.6 Å². The maximum Gasteiger partial charge on any atom is 0.269 e. The zero-order valence-corrected chi connectivity index (χ0v) is 22.6. The summed E-state index contributed by atoms with van der Waals surface area (Å²) in [7, 11) is 0. The minimum absolute atomic E-state index is 0.143. The second kappa shape index (κ2) is 9.34. The topological polar surface area (TPSA) is 110 Å². The molecule has 4 aromatic rings. The molecule has 4 atom stereocenters. The Morgan fingerprint density at radius 1 is 0.833 bits per heavy atom. The molecule has 0 radical (unpaired) electrons. The molecule has 1 amide bonds. The van der Waals surface area contributed by atoms with Crippen molar-refractivity contribution in [3.8, 4) is 0 Å². The van der Waals surface area contributed by atoms with E-state index in [1.807, 2.05) is 72.5 Å². The van der Waals surface area contributed by atoms with E-state index in [0.29, 0.717) is 16.8 Å². The van der Waals surface area contributed by atoms with Gasteiger partial charge in [-0.05, 0) is 42.3 Å². The molecule has 1 fully saturated rings. The van der Waals surface area contributed by atoms with Gasteiger partial charge < -0.3 is 10.2 Å². The van der Waals surface area contributed by atoms with Crippen molar-refractivity contribution in [1.82, 2.24) is 0 Å². The van der Waals surface area contributed by atoms with Gasteiger partial charge in [0.05, 0.1) is 16.9 Å². The number of nitro groups is 1. The van der Waals surface area contributed by atoms with E-state index in [2.05, 4.69) is 5.32 Å². The number of nitro benzene ring substituents is 1. The Labute approximate surface area is 241 Å². The van der Waals surface area contributed by atoms with E-state index < -0.39 is 28.3 Å². The summed E-state index contributed by atoms with van der Waals surface area (Å²) in [5, 5.41) is 14.4. The van der Waals surface area contributed by atoms with Crippen molar-refractivity contribution in [2.75, 3.05) is 10.2 Å². The highest BCUT2D eigenvalue weighted by Crippen LogP contribution is 2.58. The van der Waals surface area contributed by atoms with E-state index in [1.165, 1.54) is 24.3 Å². The SMILES string of the molecule is CC1=C[C@H]2N(c3ccccc31)[C@@H](C(=O)c1ccc([N+](=O)[O-])cc1)[C@@H](C(=O)c1ccccc1)[C@]21C(=O)Nc2ccccc21. The fraction of sp³-hybridized carbons (Fsp3) is 0.147. The summed E-state index contributed by atoms with van der Waals surface area (Å²) >= 11 is 0. The first-order valence-electron chi connectivity index (χ1n) is 13.7. The Hall–Kier alpha value is -5.37. The molecule has 1 spiro atoms. The van der Waals surface area contributed by atoms with Gasteiger partial charge in [-0.25, -0.2) is 0 Å². The lowest BCUT2D eigenvalue weighted by atomic mass is 9.64. The van der Waals surface area contributed by atoms with Crippen molar-refractivity contribution in [3.05, 3.63) is 142 Å². The number of allylic oxidation sites excluding steroid dienone is 1. The number of carbonyl (C=O) groups excluding carboxylic acids is 3. The minimum atomic E-state index is -1.42. The van der Waals surface area contributed by atoms with Crippen LogP contribution in [-0.4, -0.2) is 34.5 Å². The molecule has 3 heterocycles. The first-order valence-corrected chi connectivity index (χ1v) is 13.7. The second-order valence-electron chi connectivity index (χ2n) is 10.9. The Balaban J connectivity index is 1.53. The fourth-order valence-corrected chi connectivity index (χ4v) is 7.09. The van der Waals surface area contributed by atoms with Crippen LogP contribution >= 0.6 is 0 Å². The van der Waals surface area contributed by atoms with Crippen LogP contribution < -0.4 is 10.2 Å². The van der Waals surface area contributed by atoms with Gasteiger partial charge in [0.25, 0.3) is 5.69 Å². The Morgan fingerprint density at radius 2 is 1.48 bits per heavy atom. The van der Waals surface area contributed by atoms with Crippen LogP contribution in [0.1, 0.15) is 38.8 Å². The van der Waals surface area contributed by atoms with Crippen molar-refractivity contribution in [3.63, 3.8) is 0 Å². The zero-order chi connectivity index (χ0) is 29.2. The van der Waals surface area contributed by atoms with E-state index in [0.717, 1.165) is 16.8 Å². The van der Waals surface area contributed by atoms with Gasteiger partial charge in [0.1, 0.15) is 11.5 Å². The van der Waals surface area contributed by atoms with Crippen LogP contribution in [0.3, 0.4) is 0 Å². The Morgan fingerprint density at radius 3 is 2.21 bits per heavy atom. The highest BCUT2D eigenvalue weighted by molar-refractivity contribution is 6.18. The minimum Gasteiger partial charge on any atom is -0.352 e. The highest BCUT2D eigenvalue weighted by atomic mass is 16.6. The van der Waals surface area contributed by atoms with Crippen LogP contribution in [0, 0.1) is 16.0 Å². The Kier molecular flexibility index (Phi) is 5.69. The molecule has 4 aromatic carbocycles. The number of rotatable bonds is 5. The van der Waals surface area contributed by atoms with Gasteiger partial charge in [0.2, 0.25) is 5.91 Å². The smallest absolute Gasteiger partial charge is 0.269 e. The molecule has 42 heavy (non-hydrogen) atoms. The molecule has 8 nitrogen and oxygen atoms in total. The lowest BCUT2D eigenvalue weighted by Gasteiger charge is -2.39. The molecule has 1 saturated heterocycles.